The van der Waals surface area contributed by atoms with Gasteiger partial charge in [-0.3, -0.25) is 9.10 Å². The monoisotopic (exact) mass is 549 g/mol. The van der Waals surface area contributed by atoms with Gasteiger partial charge in [-0.1, -0.05) is 53.6 Å². The number of amides is 1. The predicted molar refractivity (Wildman–Crippen MR) is 151 cm³/mol. The average molecular weight is 550 g/mol. The summed E-state index contributed by atoms with van der Waals surface area (Å²) < 4.78 is 30.0. The number of carbonyl (C=O) groups excluding carboxylic acids is 1. The Hall–Kier alpha value is -3.95. The van der Waals surface area contributed by atoms with Gasteiger partial charge >= 0.3 is 0 Å². The van der Waals surface area contributed by atoms with Gasteiger partial charge in [-0.2, -0.15) is 10.2 Å². The van der Waals surface area contributed by atoms with Crippen LogP contribution < -0.4 is 9.73 Å². The molecular weight excluding hydrogens is 522 g/mol. The second kappa shape index (κ2) is 11.2. The molecule has 0 bridgehead atoms. The second-order valence-electron chi connectivity index (χ2n) is 9.00. The molecular formula is C28H28ClN5O3S. The van der Waals surface area contributed by atoms with Crippen molar-refractivity contribution in [3.8, 4) is 5.69 Å². The molecule has 38 heavy (non-hydrogen) atoms. The number of hydrazone groups is 1. The van der Waals surface area contributed by atoms with Crippen molar-refractivity contribution in [3.05, 3.63) is 106 Å². The molecule has 0 aliphatic carbocycles. The van der Waals surface area contributed by atoms with Crippen molar-refractivity contribution in [2.75, 3.05) is 10.8 Å². The number of carbonyl (C=O) groups is 1. The van der Waals surface area contributed by atoms with E-state index in [0.29, 0.717) is 11.3 Å². The number of sulfonamides is 1. The quantitative estimate of drug-likeness (QED) is 0.244. The highest BCUT2D eigenvalue weighted by Crippen LogP contribution is 2.26. The Labute approximate surface area is 227 Å². The van der Waals surface area contributed by atoms with E-state index in [1.807, 2.05) is 64.1 Å². The fourth-order valence-electron chi connectivity index (χ4n) is 4.03. The normalized spacial score (nSPS) is 11.6. The second-order valence-corrected chi connectivity index (χ2v) is 11.2. The van der Waals surface area contributed by atoms with Gasteiger partial charge in [-0.25, -0.2) is 18.5 Å². The van der Waals surface area contributed by atoms with Gasteiger partial charge in [-0.05, 0) is 75.2 Å². The summed E-state index contributed by atoms with van der Waals surface area (Å²) in [6.07, 6.45) is 1.40. The van der Waals surface area contributed by atoms with Crippen LogP contribution in [-0.4, -0.2) is 36.9 Å². The first-order chi connectivity index (χ1) is 18.1. The van der Waals surface area contributed by atoms with Gasteiger partial charge in [0.25, 0.3) is 15.9 Å². The van der Waals surface area contributed by atoms with Crippen molar-refractivity contribution < 1.29 is 13.2 Å². The summed E-state index contributed by atoms with van der Waals surface area (Å²) in [5.41, 5.74) is 7.61. The standard InChI is InChI=1S/C28H28ClN5O3S/c1-19-10-12-25(13-11-19)38(36,37)33(24-15-20(2)14-21(3)16-24)18-27(35)31-30-17-26-22(4)34(32-28(26)29)23-8-6-5-7-9-23/h5-17H,18H2,1-4H3,(H,31,35)/b30-17-. The van der Waals surface area contributed by atoms with Crippen LogP contribution in [0.5, 0.6) is 0 Å². The third-order valence-electron chi connectivity index (χ3n) is 5.89. The Balaban J connectivity index is 1.58. The molecule has 10 heteroatoms. The first-order valence-corrected chi connectivity index (χ1v) is 13.7. The van der Waals surface area contributed by atoms with Crippen LogP contribution in [0.15, 0.2) is 82.8 Å². The van der Waals surface area contributed by atoms with Crippen LogP contribution in [0, 0.1) is 27.7 Å². The molecule has 3 aromatic carbocycles. The van der Waals surface area contributed by atoms with Crippen molar-refractivity contribution in [2.24, 2.45) is 5.10 Å². The highest BCUT2D eigenvalue weighted by Gasteiger charge is 2.27. The summed E-state index contributed by atoms with van der Waals surface area (Å²) in [5, 5.41) is 8.61. The first kappa shape index (κ1) is 27.1. The lowest BCUT2D eigenvalue weighted by Gasteiger charge is -2.24. The van der Waals surface area contributed by atoms with Crippen LogP contribution in [0.1, 0.15) is 27.9 Å². The minimum atomic E-state index is -4.03. The third kappa shape index (κ3) is 5.95. The molecule has 0 spiro atoms. The highest BCUT2D eigenvalue weighted by atomic mass is 35.5. The molecule has 196 valence electrons. The first-order valence-electron chi connectivity index (χ1n) is 11.9. The summed E-state index contributed by atoms with van der Waals surface area (Å²) in [5.74, 6) is -0.611. The van der Waals surface area contributed by atoms with Crippen LogP contribution in [0.2, 0.25) is 5.15 Å². The van der Waals surface area contributed by atoms with Crippen molar-refractivity contribution in [1.82, 2.24) is 15.2 Å². The Morgan fingerprint density at radius 1 is 0.974 bits per heavy atom. The molecule has 4 aromatic rings. The van der Waals surface area contributed by atoms with Crippen LogP contribution in [-0.2, 0) is 14.8 Å². The highest BCUT2D eigenvalue weighted by molar-refractivity contribution is 7.92. The summed E-state index contributed by atoms with van der Waals surface area (Å²) in [6.45, 7) is 7.00. The smallest absolute Gasteiger partial charge is 0.264 e. The maximum Gasteiger partial charge on any atom is 0.264 e. The molecule has 0 saturated heterocycles. The molecule has 4 rings (SSSR count). The van der Waals surface area contributed by atoms with E-state index in [0.717, 1.165) is 32.4 Å². The SMILES string of the molecule is Cc1ccc(S(=O)(=O)N(CC(=O)N/N=C\c2c(Cl)nn(-c3ccccc3)c2C)c2cc(C)cc(C)c2)cc1. The summed E-state index contributed by atoms with van der Waals surface area (Å²) in [4.78, 5) is 13.0. The van der Waals surface area contributed by atoms with E-state index in [1.54, 1.807) is 28.9 Å². The van der Waals surface area contributed by atoms with Crippen molar-refractivity contribution in [3.63, 3.8) is 0 Å². The number of rotatable bonds is 8. The van der Waals surface area contributed by atoms with E-state index in [-0.39, 0.29) is 10.0 Å². The molecule has 1 aromatic heterocycles. The van der Waals surface area contributed by atoms with Gasteiger partial charge in [0.05, 0.1) is 33.7 Å². The van der Waals surface area contributed by atoms with Crippen molar-refractivity contribution in [2.45, 2.75) is 32.6 Å². The number of halogens is 1. The summed E-state index contributed by atoms with van der Waals surface area (Å²) in [6, 6.07) is 21.4. The van der Waals surface area contributed by atoms with Crippen molar-refractivity contribution >= 4 is 39.4 Å². The molecule has 0 saturated carbocycles. The topological polar surface area (TPSA) is 96.7 Å². The van der Waals surface area contributed by atoms with Crippen molar-refractivity contribution in [1.29, 1.82) is 0 Å². The van der Waals surface area contributed by atoms with Crippen LogP contribution in [0.25, 0.3) is 5.69 Å². The molecule has 0 unspecified atom stereocenters. The van der Waals surface area contributed by atoms with Gasteiger partial charge in [0.1, 0.15) is 6.54 Å². The number of anilines is 1. The van der Waals surface area contributed by atoms with Crippen LogP contribution in [0.3, 0.4) is 0 Å². The Kier molecular flexibility index (Phi) is 7.99. The average Bonchev–Trinajstić information content (AvgIpc) is 3.16. The Morgan fingerprint density at radius 3 is 2.24 bits per heavy atom. The Morgan fingerprint density at radius 2 is 1.61 bits per heavy atom. The number of aryl methyl sites for hydroxylation is 3. The zero-order chi connectivity index (χ0) is 27.4. The van der Waals surface area contributed by atoms with E-state index < -0.39 is 22.5 Å². The van der Waals surface area contributed by atoms with Gasteiger partial charge < -0.3 is 0 Å². The number of nitrogens with one attached hydrogen (secondary N) is 1. The van der Waals surface area contributed by atoms with E-state index in [9.17, 15) is 13.2 Å². The predicted octanol–water partition coefficient (Wildman–Crippen LogP) is 5.10. The van der Waals surface area contributed by atoms with Crippen LogP contribution >= 0.6 is 11.6 Å². The number of hydrogen-bond donors (Lipinski definition) is 1. The van der Waals surface area contributed by atoms with Crippen LogP contribution in [0.4, 0.5) is 5.69 Å². The van der Waals surface area contributed by atoms with E-state index in [1.165, 1.54) is 18.3 Å². The maximum atomic E-state index is 13.6. The zero-order valence-electron chi connectivity index (χ0n) is 21.5. The fourth-order valence-corrected chi connectivity index (χ4v) is 5.69. The van der Waals surface area contributed by atoms with Gasteiger partial charge in [0.15, 0.2) is 5.15 Å². The van der Waals surface area contributed by atoms with E-state index >= 15 is 0 Å². The molecule has 0 aliphatic rings. The largest absolute Gasteiger partial charge is 0.271 e. The summed E-state index contributed by atoms with van der Waals surface area (Å²) in [7, 11) is -4.03. The molecule has 8 nitrogen and oxygen atoms in total. The fraction of sp³-hybridized carbons (Fsp3) is 0.179. The van der Waals surface area contributed by atoms with Gasteiger partial charge in [0, 0.05) is 0 Å². The lowest BCUT2D eigenvalue weighted by molar-refractivity contribution is -0.119. The van der Waals surface area contributed by atoms with Gasteiger partial charge in [-0.15, -0.1) is 0 Å². The lowest BCUT2D eigenvalue weighted by atomic mass is 10.1. The molecule has 0 aliphatic heterocycles. The van der Waals surface area contributed by atoms with E-state index in [4.69, 9.17) is 11.6 Å². The maximum absolute atomic E-state index is 13.6. The number of nitrogens with zero attached hydrogens (tertiary/aromatic N) is 4. The number of benzene rings is 3. The third-order valence-corrected chi connectivity index (χ3v) is 7.96. The number of hydrogen-bond acceptors (Lipinski definition) is 5. The number of aromatic nitrogens is 2. The number of para-hydroxylation sites is 1. The molecule has 1 heterocycles. The minimum absolute atomic E-state index is 0.0919. The molecule has 1 N–H and O–H groups in total. The lowest BCUT2D eigenvalue weighted by Crippen LogP contribution is -2.39. The minimum Gasteiger partial charge on any atom is -0.271 e. The summed E-state index contributed by atoms with van der Waals surface area (Å²) >= 11 is 6.32. The molecule has 1 amide bonds. The molecule has 0 atom stereocenters. The Bertz CT molecular complexity index is 1580. The molecule has 0 radical (unpaired) electrons. The zero-order valence-corrected chi connectivity index (χ0v) is 23.1. The molecule has 0 fully saturated rings. The van der Waals surface area contributed by atoms with E-state index in [2.05, 4.69) is 15.6 Å². The van der Waals surface area contributed by atoms with Gasteiger partial charge in [0.2, 0.25) is 0 Å².